The van der Waals surface area contributed by atoms with Gasteiger partial charge in [-0.3, -0.25) is 14.8 Å². The first-order chi connectivity index (χ1) is 10.3. The molecule has 2 aliphatic rings. The highest BCUT2D eigenvalue weighted by molar-refractivity contribution is 5.82. The van der Waals surface area contributed by atoms with Gasteiger partial charge in [0.05, 0.1) is 18.3 Å². The maximum absolute atomic E-state index is 13.2. The number of hydrogen-bond acceptors (Lipinski definition) is 3. The number of aryl methyl sites for hydroxylation is 1. The van der Waals surface area contributed by atoms with Crippen LogP contribution in [0.25, 0.3) is 0 Å². The van der Waals surface area contributed by atoms with Gasteiger partial charge in [0, 0.05) is 31.1 Å². The van der Waals surface area contributed by atoms with Gasteiger partial charge in [-0.05, 0) is 32.3 Å². The molecule has 1 aliphatic heterocycles. The van der Waals surface area contributed by atoms with Crippen molar-refractivity contribution in [2.75, 3.05) is 6.54 Å². The molecule has 5 nitrogen and oxygen atoms in total. The van der Waals surface area contributed by atoms with Gasteiger partial charge in [0.25, 0.3) is 5.92 Å². The zero-order valence-corrected chi connectivity index (χ0v) is 12.9. The van der Waals surface area contributed by atoms with Crippen molar-refractivity contribution in [2.45, 2.75) is 63.6 Å². The molecule has 0 aromatic carbocycles. The highest BCUT2D eigenvalue weighted by Crippen LogP contribution is 2.26. The Labute approximate surface area is 128 Å². The van der Waals surface area contributed by atoms with Crippen LogP contribution in [0.3, 0.4) is 0 Å². The summed E-state index contributed by atoms with van der Waals surface area (Å²) in [5.74, 6) is -3.11. The van der Waals surface area contributed by atoms with Gasteiger partial charge in [-0.15, -0.1) is 0 Å². The average Bonchev–Trinajstić information content (AvgIpc) is 3.01. The van der Waals surface area contributed by atoms with E-state index in [1.54, 1.807) is 0 Å². The summed E-state index contributed by atoms with van der Waals surface area (Å²) in [6.45, 7) is 3.73. The van der Waals surface area contributed by atoms with Crippen molar-refractivity contribution in [1.29, 1.82) is 0 Å². The zero-order chi connectivity index (χ0) is 15.9. The van der Waals surface area contributed by atoms with Gasteiger partial charge in [0.2, 0.25) is 5.91 Å². The summed E-state index contributed by atoms with van der Waals surface area (Å²) in [7, 11) is 0. The fourth-order valence-electron chi connectivity index (χ4n) is 3.10. The van der Waals surface area contributed by atoms with Crippen molar-refractivity contribution < 1.29 is 13.6 Å². The monoisotopic (exact) mass is 312 g/mol. The van der Waals surface area contributed by atoms with E-state index in [-0.39, 0.29) is 11.9 Å². The molecule has 22 heavy (non-hydrogen) atoms. The van der Waals surface area contributed by atoms with Crippen LogP contribution in [0.15, 0.2) is 6.20 Å². The van der Waals surface area contributed by atoms with E-state index in [0.717, 1.165) is 18.5 Å². The normalized spacial score (nSPS) is 27.0. The van der Waals surface area contributed by atoms with Crippen LogP contribution < -0.4 is 10.6 Å². The number of fused-ring (bicyclic) bond motifs is 1. The lowest BCUT2D eigenvalue weighted by Gasteiger charge is -2.24. The first-order valence-electron chi connectivity index (χ1n) is 7.82. The van der Waals surface area contributed by atoms with E-state index >= 15 is 0 Å². The SMILES string of the molecule is CC(C)n1cc2c(n1)CC(NC(=O)C1CC(F)(F)CN1)CC2. The summed E-state index contributed by atoms with van der Waals surface area (Å²) in [6, 6.07) is -0.500. The van der Waals surface area contributed by atoms with Gasteiger partial charge in [0.1, 0.15) is 0 Å². The Morgan fingerprint density at radius 1 is 1.55 bits per heavy atom. The number of amides is 1. The highest BCUT2D eigenvalue weighted by Gasteiger charge is 2.42. The molecule has 2 atom stereocenters. The molecule has 2 heterocycles. The predicted molar refractivity (Wildman–Crippen MR) is 77.9 cm³/mol. The Hall–Kier alpha value is -1.50. The molecule has 1 fully saturated rings. The summed E-state index contributed by atoms with van der Waals surface area (Å²) >= 11 is 0. The first-order valence-corrected chi connectivity index (χ1v) is 7.82. The third-order valence-corrected chi connectivity index (χ3v) is 4.40. The van der Waals surface area contributed by atoms with Gasteiger partial charge in [-0.2, -0.15) is 5.10 Å². The van der Waals surface area contributed by atoms with Crippen LogP contribution in [0.1, 0.15) is 44.0 Å². The molecule has 0 saturated carbocycles. The third kappa shape index (κ3) is 3.14. The molecular weight excluding hydrogens is 290 g/mol. The minimum atomic E-state index is -2.78. The van der Waals surface area contributed by atoms with Crippen molar-refractivity contribution in [3.05, 3.63) is 17.5 Å². The van der Waals surface area contributed by atoms with E-state index in [4.69, 9.17) is 0 Å². The van der Waals surface area contributed by atoms with E-state index < -0.39 is 24.9 Å². The van der Waals surface area contributed by atoms with E-state index in [1.807, 2.05) is 4.68 Å². The minimum absolute atomic E-state index is 0.0217. The lowest BCUT2D eigenvalue weighted by Crippen LogP contribution is -2.47. The number of carbonyl (C=O) groups excluding carboxylic acids is 1. The topological polar surface area (TPSA) is 59.0 Å². The van der Waals surface area contributed by atoms with Crippen molar-refractivity contribution in [3.8, 4) is 0 Å². The second-order valence-electron chi connectivity index (χ2n) is 6.62. The summed E-state index contributed by atoms with van der Waals surface area (Å²) in [5.41, 5.74) is 2.24. The molecule has 0 radical (unpaired) electrons. The third-order valence-electron chi connectivity index (χ3n) is 4.40. The first kappa shape index (κ1) is 15.4. The second kappa shape index (κ2) is 5.61. The van der Waals surface area contributed by atoms with Crippen molar-refractivity contribution in [3.63, 3.8) is 0 Å². The molecule has 0 bridgehead atoms. The van der Waals surface area contributed by atoms with Gasteiger partial charge in [-0.25, -0.2) is 8.78 Å². The molecule has 1 saturated heterocycles. The fourth-order valence-corrected chi connectivity index (χ4v) is 3.10. The maximum Gasteiger partial charge on any atom is 0.262 e. The summed E-state index contributed by atoms with van der Waals surface area (Å²) in [5, 5.41) is 10.0. The smallest absolute Gasteiger partial charge is 0.262 e. The Kier molecular flexibility index (Phi) is 3.92. The van der Waals surface area contributed by atoms with Crippen molar-refractivity contribution >= 4 is 5.91 Å². The van der Waals surface area contributed by atoms with E-state index in [1.165, 1.54) is 5.56 Å². The Morgan fingerprint density at radius 2 is 2.32 bits per heavy atom. The molecule has 2 N–H and O–H groups in total. The van der Waals surface area contributed by atoms with Crippen LogP contribution in [0.4, 0.5) is 8.78 Å². The molecule has 1 amide bonds. The number of nitrogens with zero attached hydrogens (tertiary/aromatic N) is 2. The van der Waals surface area contributed by atoms with Gasteiger partial charge < -0.3 is 5.32 Å². The molecule has 1 aromatic heterocycles. The van der Waals surface area contributed by atoms with Crippen LogP contribution in [0, 0.1) is 0 Å². The average molecular weight is 312 g/mol. The molecule has 0 spiro atoms. The second-order valence-corrected chi connectivity index (χ2v) is 6.62. The Morgan fingerprint density at radius 3 is 2.95 bits per heavy atom. The highest BCUT2D eigenvalue weighted by atomic mass is 19.3. The number of alkyl halides is 2. The lowest BCUT2D eigenvalue weighted by molar-refractivity contribution is -0.124. The van der Waals surface area contributed by atoms with Gasteiger partial charge in [0.15, 0.2) is 0 Å². The quantitative estimate of drug-likeness (QED) is 0.888. The van der Waals surface area contributed by atoms with Crippen molar-refractivity contribution in [1.82, 2.24) is 20.4 Å². The van der Waals surface area contributed by atoms with Gasteiger partial charge >= 0.3 is 0 Å². The molecule has 2 unspecified atom stereocenters. The Balaban J connectivity index is 1.59. The van der Waals surface area contributed by atoms with E-state index in [0.29, 0.717) is 12.5 Å². The number of aromatic nitrogens is 2. The molecule has 3 rings (SSSR count). The lowest BCUT2D eigenvalue weighted by atomic mass is 9.93. The van der Waals surface area contributed by atoms with Crippen LogP contribution in [-0.2, 0) is 17.6 Å². The van der Waals surface area contributed by atoms with Crippen LogP contribution in [0.5, 0.6) is 0 Å². The molecule has 1 aromatic rings. The molecule has 122 valence electrons. The summed E-state index contributed by atoms with van der Waals surface area (Å²) < 4.78 is 28.2. The maximum atomic E-state index is 13.2. The number of carbonyl (C=O) groups is 1. The molecule has 7 heteroatoms. The number of rotatable bonds is 3. The number of halogens is 2. The largest absolute Gasteiger partial charge is 0.352 e. The molecular formula is C15H22F2N4O. The van der Waals surface area contributed by atoms with Crippen molar-refractivity contribution in [2.24, 2.45) is 0 Å². The zero-order valence-electron chi connectivity index (χ0n) is 12.9. The number of hydrogen-bond donors (Lipinski definition) is 2. The molecule has 1 aliphatic carbocycles. The Bertz CT molecular complexity index is 570. The fraction of sp³-hybridized carbons (Fsp3) is 0.733. The summed E-state index contributed by atoms with van der Waals surface area (Å²) in [6.07, 6.45) is 4.01. The minimum Gasteiger partial charge on any atom is -0.352 e. The van der Waals surface area contributed by atoms with E-state index in [9.17, 15) is 13.6 Å². The van der Waals surface area contributed by atoms with Crippen LogP contribution in [-0.4, -0.2) is 40.2 Å². The number of nitrogens with one attached hydrogen (secondary N) is 2. The van der Waals surface area contributed by atoms with E-state index in [2.05, 4.69) is 35.8 Å². The van der Waals surface area contributed by atoms with Crippen LogP contribution in [0.2, 0.25) is 0 Å². The predicted octanol–water partition coefficient (Wildman–Crippen LogP) is 1.43. The standard InChI is InChI=1S/C15H22F2N4O/c1-9(2)21-7-10-3-4-11(5-12(10)20-21)19-14(22)13-6-15(16,17)8-18-13/h7,9,11,13,18H,3-6,8H2,1-2H3,(H,19,22). The van der Waals surface area contributed by atoms with Crippen LogP contribution >= 0.6 is 0 Å². The van der Waals surface area contributed by atoms with Gasteiger partial charge in [-0.1, -0.05) is 0 Å². The summed E-state index contributed by atoms with van der Waals surface area (Å²) in [4.78, 5) is 12.1.